The second-order valence-electron chi connectivity index (χ2n) is 5.49. The van der Waals surface area contributed by atoms with E-state index in [4.69, 9.17) is 10.5 Å². The smallest absolute Gasteiger partial charge is 0.269 e. The summed E-state index contributed by atoms with van der Waals surface area (Å²) in [5.74, 6) is 1.19. The number of ether oxygens (including phenoxy) is 1. The molecule has 0 saturated heterocycles. The minimum atomic E-state index is -0.439. The van der Waals surface area contributed by atoms with Gasteiger partial charge in [-0.15, -0.1) is 0 Å². The van der Waals surface area contributed by atoms with E-state index in [1.54, 1.807) is 19.2 Å². The number of benzene rings is 2. The van der Waals surface area contributed by atoms with Gasteiger partial charge in [-0.05, 0) is 48.7 Å². The van der Waals surface area contributed by atoms with E-state index in [0.29, 0.717) is 11.6 Å². The molecule has 1 heterocycles. The van der Waals surface area contributed by atoms with Gasteiger partial charge in [-0.1, -0.05) is 0 Å². The van der Waals surface area contributed by atoms with Crippen LogP contribution in [0.1, 0.15) is 12.0 Å². The maximum Gasteiger partial charge on any atom is 0.269 e. The van der Waals surface area contributed by atoms with E-state index in [1.165, 1.54) is 17.7 Å². The third-order valence-corrected chi connectivity index (χ3v) is 3.99. The first kappa shape index (κ1) is 15.8. The van der Waals surface area contributed by atoms with Crippen LogP contribution in [0.3, 0.4) is 0 Å². The molecule has 2 aromatic carbocycles. The Morgan fingerprint density at radius 3 is 2.71 bits per heavy atom. The molecule has 0 fully saturated rings. The molecule has 0 amide bonds. The fraction of sp³-hybridized carbons (Fsp3) is 0.235. The second kappa shape index (κ2) is 6.57. The van der Waals surface area contributed by atoms with Crippen LogP contribution in [0.5, 0.6) is 5.75 Å². The number of aliphatic imine (C=N–C) groups is 1. The Hall–Kier alpha value is -3.09. The highest BCUT2D eigenvalue weighted by molar-refractivity contribution is 5.97. The first-order valence-corrected chi connectivity index (χ1v) is 7.61. The van der Waals surface area contributed by atoms with Crippen LogP contribution in [-0.2, 0) is 6.42 Å². The van der Waals surface area contributed by atoms with Gasteiger partial charge in [-0.2, -0.15) is 0 Å². The number of hydrogen-bond donors (Lipinski definition) is 1. The van der Waals surface area contributed by atoms with Crippen molar-refractivity contribution in [2.24, 2.45) is 10.7 Å². The Morgan fingerprint density at radius 2 is 2.04 bits per heavy atom. The molecule has 0 spiro atoms. The maximum atomic E-state index is 10.7. The number of non-ortho nitro benzene ring substituents is 1. The number of rotatable bonds is 3. The lowest BCUT2D eigenvalue weighted by Crippen LogP contribution is -2.40. The molecule has 7 nitrogen and oxygen atoms in total. The van der Waals surface area contributed by atoms with Gasteiger partial charge in [0.2, 0.25) is 5.96 Å². The van der Waals surface area contributed by atoms with E-state index in [-0.39, 0.29) is 5.69 Å². The summed E-state index contributed by atoms with van der Waals surface area (Å²) in [6.07, 6.45) is 1.94. The molecule has 1 aliphatic rings. The average molecular weight is 326 g/mol. The zero-order valence-electron chi connectivity index (χ0n) is 13.3. The van der Waals surface area contributed by atoms with E-state index in [9.17, 15) is 10.1 Å². The largest absolute Gasteiger partial charge is 0.497 e. The van der Waals surface area contributed by atoms with Crippen LogP contribution in [0.4, 0.5) is 17.1 Å². The van der Waals surface area contributed by atoms with E-state index in [0.717, 1.165) is 30.8 Å². The van der Waals surface area contributed by atoms with Crippen molar-refractivity contribution >= 4 is 23.0 Å². The van der Waals surface area contributed by atoms with Gasteiger partial charge in [0.25, 0.3) is 5.69 Å². The number of nitrogens with two attached hydrogens (primary N) is 1. The molecule has 1 aliphatic heterocycles. The standard InChI is InChI=1S/C17H18N4O3/c1-24-15-8-9-16-12(11-15)3-2-10-20(16)17(18)19-13-4-6-14(7-5-13)21(22)23/h4-9,11H,2-3,10H2,1H3,(H2,18,19). The summed E-state index contributed by atoms with van der Waals surface area (Å²) in [5.41, 5.74) is 8.97. The van der Waals surface area contributed by atoms with Crippen LogP contribution in [0.25, 0.3) is 0 Å². The molecule has 0 saturated carbocycles. The lowest BCUT2D eigenvalue weighted by Gasteiger charge is -2.30. The summed E-state index contributed by atoms with van der Waals surface area (Å²) in [4.78, 5) is 16.6. The molecule has 0 unspecified atom stereocenters. The van der Waals surface area contributed by atoms with Crippen molar-refractivity contribution in [2.75, 3.05) is 18.6 Å². The van der Waals surface area contributed by atoms with Crippen LogP contribution < -0.4 is 15.4 Å². The minimum Gasteiger partial charge on any atom is -0.497 e. The summed E-state index contributed by atoms with van der Waals surface area (Å²) in [7, 11) is 1.65. The van der Waals surface area contributed by atoms with Crippen molar-refractivity contribution < 1.29 is 9.66 Å². The highest BCUT2D eigenvalue weighted by Gasteiger charge is 2.20. The first-order chi connectivity index (χ1) is 11.6. The zero-order valence-corrected chi connectivity index (χ0v) is 13.3. The molecule has 3 rings (SSSR count). The maximum absolute atomic E-state index is 10.7. The summed E-state index contributed by atoms with van der Waals surface area (Å²) >= 11 is 0. The molecule has 7 heteroatoms. The van der Waals surface area contributed by atoms with E-state index in [1.807, 2.05) is 23.1 Å². The number of aryl methyl sites for hydroxylation is 1. The molecular formula is C17H18N4O3. The molecule has 124 valence electrons. The molecule has 2 aromatic rings. The summed E-state index contributed by atoms with van der Waals surface area (Å²) in [5, 5.41) is 10.7. The quantitative estimate of drug-likeness (QED) is 0.405. The van der Waals surface area contributed by atoms with Crippen LogP contribution in [0.15, 0.2) is 47.5 Å². The van der Waals surface area contributed by atoms with Gasteiger partial charge in [0.05, 0.1) is 17.7 Å². The average Bonchev–Trinajstić information content (AvgIpc) is 2.61. The molecule has 0 aliphatic carbocycles. The van der Waals surface area contributed by atoms with Crippen molar-refractivity contribution in [3.63, 3.8) is 0 Å². The third kappa shape index (κ3) is 3.15. The Bertz CT molecular complexity index is 787. The normalized spacial score (nSPS) is 14.2. The highest BCUT2D eigenvalue weighted by atomic mass is 16.6. The van der Waals surface area contributed by atoms with Crippen LogP contribution >= 0.6 is 0 Å². The monoisotopic (exact) mass is 326 g/mol. The fourth-order valence-electron chi connectivity index (χ4n) is 2.78. The van der Waals surface area contributed by atoms with E-state index in [2.05, 4.69) is 4.99 Å². The van der Waals surface area contributed by atoms with Crippen molar-refractivity contribution in [1.29, 1.82) is 0 Å². The molecule has 2 N–H and O–H groups in total. The summed E-state index contributed by atoms with van der Waals surface area (Å²) in [6, 6.07) is 11.9. The fourth-order valence-corrected chi connectivity index (χ4v) is 2.78. The zero-order chi connectivity index (χ0) is 17.1. The number of anilines is 1. The second-order valence-corrected chi connectivity index (χ2v) is 5.49. The Morgan fingerprint density at radius 1 is 1.29 bits per heavy atom. The lowest BCUT2D eigenvalue weighted by atomic mass is 10.0. The van der Waals surface area contributed by atoms with Crippen molar-refractivity contribution in [2.45, 2.75) is 12.8 Å². The summed E-state index contributed by atoms with van der Waals surface area (Å²) in [6.45, 7) is 0.779. The molecule has 0 atom stereocenters. The molecule has 0 bridgehead atoms. The van der Waals surface area contributed by atoms with Crippen molar-refractivity contribution in [3.8, 4) is 5.75 Å². The predicted molar refractivity (Wildman–Crippen MR) is 93.0 cm³/mol. The van der Waals surface area contributed by atoms with E-state index >= 15 is 0 Å². The Balaban J connectivity index is 1.88. The summed E-state index contributed by atoms with van der Waals surface area (Å²) < 4.78 is 5.27. The number of methoxy groups -OCH3 is 1. The Kier molecular flexibility index (Phi) is 4.33. The van der Waals surface area contributed by atoms with Crippen LogP contribution in [-0.4, -0.2) is 24.5 Å². The van der Waals surface area contributed by atoms with Gasteiger partial charge >= 0.3 is 0 Å². The van der Waals surface area contributed by atoms with Gasteiger partial charge in [0.1, 0.15) is 5.75 Å². The number of guanidine groups is 1. The van der Waals surface area contributed by atoms with Crippen molar-refractivity contribution in [3.05, 3.63) is 58.1 Å². The third-order valence-electron chi connectivity index (χ3n) is 3.99. The van der Waals surface area contributed by atoms with Crippen molar-refractivity contribution in [1.82, 2.24) is 0 Å². The number of fused-ring (bicyclic) bond motifs is 1. The number of nitro groups is 1. The van der Waals surface area contributed by atoms with Gasteiger partial charge in [-0.25, -0.2) is 4.99 Å². The first-order valence-electron chi connectivity index (χ1n) is 7.61. The van der Waals surface area contributed by atoms with Gasteiger partial charge in [0.15, 0.2) is 0 Å². The number of hydrogen-bond acceptors (Lipinski definition) is 4. The van der Waals surface area contributed by atoms with Crippen LogP contribution in [0, 0.1) is 10.1 Å². The molecular weight excluding hydrogens is 308 g/mol. The van der Waals surface area contributed by atoms with Gasteiger partial charge in [-0.3, -0.25) is 10.1 Å². The number of nitrogens with zero attached hydrogens (tertiary/aromatic N) is 3. The predicted octanol–water partition coefficient (Wildman–Crippen LogP) is 3.00. The topological polar surface area (TPSA) is 94.0 Å². The van der Waals surface area contributed by atoms with E-state index < -0.39 is 4.92 Å². The minimum absolute atomic E-state index is 0.0305. The molecule has 24 heavy (non-hydrogen) atoms. The molecule has 0 aromatic heterocycles. The van der Waals surface area contributed by atoms with Gasteiger partial charge < -0.3 is 15.4 Å². The molecule has 0 radical (unpaired) electrons. The number of nitro benzene ring substituents is 1. The Labute approximate surface area is 139 Å². The SMILES string of the molecule is COc1ccc2c(c1)CCCN2C(N)=Nc1ccc([N+](=O)[O-])cc1. The highest BCUT2D eigenvalue weighted by Crippen LogP contribution is 2.30. The lowest BCUT2D eigenvalue weighted by molar-refractivity contribution is -0.384. The van der Waals surface area contributed by atoms with Crippen LogP contribution in [0.2, 0.25) is 0 Å². The van der Waals surface area contributed by atoms with Gasteiger partial charge in [0, 0.05) is 24.4 Å².